The van der Waals surface area contributed by atoms with E-state index in [1.165, 1.54) is 0 Å². The van der Waals surface area contributed by atoms with E-state index in [1.807, 2.05) is 0 Å². The predicted molar refractivity (Wildman–Crippen MR) is 48.0 cm³/mol. The lowest BCUT2D eigenvalue weighted by Gasteiger charge is -2.28. The molecule has 1 saturated heterocycles. The highest BCUT2D eigenvalue weighted by Crippen LogP contribution is 2.08. The van der Waals surface area contributed by atoms with Gasteiger partial charge in [0.15, 0.2) is 0 Å². The molecule has 0 unspecified atom stereocenters. The van der Waals surface area contributed by atoms with Gasteiger partial charge in [-0.05, 0) is 33.0 Å². The van der Waals surface area contributed by atoms with E-state index in [-0.39, 0.29) is 4.82 Å². The van der Waals surface area contributed by atoms with Crippen molar-refractivity contribution >= 4 is 20.7 Å². The Balaban J connectivity index is 2.22. The van der Waals surface area contributed by atoms with Crippen LogP contribution in [0.1, 0.15) is 12.8 Å². The summed E-state index contributed by atoms with van der Waals surface area (Å²) in [6, 6.07) is 0.373. The second-order valence-electron chi connectivity index (χ2n) is 3.00. The Morgan fingerprint density at radius 2 is 2.09 bits per heavy atom. The van der Waals surface area contributed by atoms with E-state index < -0.39 is 0 Å². The van der Waals surface area contributed by atoms with E-state index in [2.05, 4.69) is 33.2 Å². The van der Waals surface area contributed by atoms with Crippen molar-refractivity contribution in [3.8, 4) is 0 Å². The summed E-state index contributed by atoms with van der Waals surface area (Å²) in [6.07, 6.45) is 2.13. The van der Waals surface area contributed by atoms with E-state index in [1.54, 1.807) is 0 Å². The van der Waals surface area contributed by atoms with Crippen LogP contribution in [0.4, 0.5) is 4.79 Å². The maximum atomic E-state index is 10.6. The number of amides is 1. The molecule has 0 aliphatic carbocycles. The third-order valence-corrected chi connectivity index (χ3v) is 2.27. The van der Waals surface area contributed by atoms with Gasteiger partial charge in [-0.25, -0.2) is 0 Å². The number of hydrogen-bond acceptors (Lipinski definition) is 2. The predicted octanol–water partition coefficient (Wildman–Crippen LogP) is 1.19. The fraction of sp³-hybridized carbons (Fsp3) is 0.857. The van der Waals surface area contributed by atoms with E-state index in [0.29, 0.717) is 6.04 Å². The Hall–Kier alpha value is -0.0900. The molecule has 1 aliphatic heterocycles. The van der Waals surface area contributed by atoms with Crippen LogP contribution in [0.5, 0.6) is 0 Å². The first kappa shape index (κ1) is 9.00. The van der Waals surface area contributed by atoms with Crippen LogP contribution in [0.2, 0.25) is 0 Å². The smallest absolute Gasteiger partial charge is 0.287 e. The summed E-state index contributed by atoms with van der Waals surface area (Å²) >= 11 is 2.86. The first-order chi connectivity index (χ1) is 5.18. The molecule has 1 heterocycles. The second-order valence-corrected chi connectivity index (χ2v) is 3.72. The van der Waals surface area contributed by atoms with Gasteiger partial charge in [-0.3, -0.25) is 4.79 Å². The zero-order valence-electron chi connectivity index (χ0n) is 6.64. The molecule has 1 aliphatic rings. The van der Waals surface area contributed by atoms with Crippen LogP contribution in [0.15, 0.2) is 0 Å². The molecule has 0 aromatic rings. The van der Waals surface area contributed by atoms with E-state index >= 15 is 0 Å². The molecular formula is C7H13BrN2O. The van der Waals surface area contributed by atoms with Crippen LogP contribution in [0.25, 0.3) is 0 Å². The summed E-state index contributed by atoms with van der Waals surface area (Å²) in [5, 5.41) is 2.85. The maximum absolute atomic E-state index is 10.6. The number of nitrogens with zero attached hydrogens (tertiary/aromatic N) is 1. The van der Waals surface area contributed by atoms with Crippen LogP contribution in [0, 0.1) is 0 Å². The first-order valence-electron chi connectivity index (χ1n) is 3.83. The summed E-state index contributed by atoms with van der Waals surface area (Å²) in [4.78, 5) is 12.8. The third-order valence-electron chi connectivity index (χ3n) is 2.04. The van der Waals surface area contributed by atoms with Crippen LogP contribution in [-0.4, -0.2) is 35.9 Å². The van der Waals surface area contributed by atoms with Crippen molar-refractivity contribution < 1.29 is 4.79 Å². The minimum atomic E-state index is -0.0907. The number of halogens is 1. The number of likely N-dealkylation sites (tertiary alicyclic amines) is 1. The van der Waals surface area contributed by atoms with Crippen molar-refractivity contribution in [2.45, 2.75) is 18.9 Å². The molecule has 0 aromatic heterocycles. The fourth-order valence-corrected chi connectivity index (χ4v) is 1.64. The summed E-state index contributed by atoms with van der Waals surface area (Å²) in [7, 11) is 2.10. The Labute approximate surface area is 75.3 Å². The Morgan fingerprint density at radius 3 is 2.55 bits per heavy atom. The molecule has 0 saturated carbocycles. The van der Waals surface area contributed by atoms with Crippen LogP contribution < -0.4 is 5.32 Å². The second kappa shape index (κ2) is 4.07. The molecule has 1 rings (SSSR count). The Bertz CT molecular complexity index is 143. The quantitative estimate of drug-likeness (QED) is 0.532. The monoisotopic (exact) mass is 220 g/mol. The molecule has 0 radical (unpaired) electrons. The Kier molecular flexibility index (Phi) is 3.33. The maximum Gasteiger partial charge on any atom is 0.287 e. The average molecular weight is 221 g/mol. The lowest BCUT2D eigenvalue weighted by atomic mass is 10.1. The molecule has 0 atom stereocenters. The lowest BCUT2D eigenvalue weighted by Crippen LogP contribution is -2.41. The highest BCUT2D eigenvalue weighted by Gasteiger charge is 2.16. The number of hydrogen-bond donors (Lipinski definition) is 1. The topological polar surface area (TPSA) is 32.3 Å². The van der Waals surface area contributed by atoms with Crippen molar-refractivity contribution in [2.24, 2.45) is 0 Å². The molecule has 1 amide bonds. The van der Waals surface area contributed by atoms with Crippen molar-refractivity contribution in [1.29, 1.82) is 0 Å². The molecule has 4 heteroatoms. The lowest BCUT2D eigenvalue weighted by molar-refractivity contribution is 0.227. The number of carbonyl (C=O) groups excluding carboxylic acids is 1. The van der Waals surface area contributed by atoms with E-state index in [4.69, 9.17) is 0 Å². The SMILES string of the molecule is CN1CCC(NC(=O)Br)CC1. The largest absolute Gasteiger partial charge is 0.344 e. The summed E-state index contributed by atoms with van der Waals surface area (Å²) in [5.41, 5.74) is 0. The highest BCUT2D eigenvalue weighted by molar-refractivity contribution is 9.18. The van der Waals surface area contributed by atoms with Gasteiger partial charge in [-0.1, -0.05) is 0 Å². The van der Waals surface area contributed by atoms with Crippen molar-refractivity contribution in [3.63, 3.8) is 0 Å². The minimum absolute atomic E-state index is 0.0907. The zero-order valence-corrected chi connectivity index (χ0v) is 8.23. The van der Waals surface area contributed by atoms with Gasteiger partial charge in [0, 0.05) is 22.0 Å². The Morgan fingerprint density at radius 1 is 1.55 bits per heavy atom. The fourth-order valence-electron chi connectivity index (χ4n) is 1.31. The molecule has 0 spiro atoms. The number of piperidine rings is 1. The van der Waals surface area contributed by atoms with Gasteiger partial charge in [0.2, 0.25) is 0 Å². The van der Waals surface area contributed by atoms with Crippen LogP contribution >= 0.6 is 15.9 Å². The molecule has 64 valence electrons. The van der Waals surface area contributed by atoms with Gasteiger partial charge in [0.1, 0.15) is 0 Å². The van der Waals surface area contributed by atoms with Gasteiger partial charge < -0.3 is 10.2 Å². The standard InChI is InChI=1S/C7H13BrN2O/c1-10-4-2-6(3-5-10)9-7(8)11/h6H,2-5H2,1H3,(H,9,11). The first-order valence-corrected chi connectivity index (χ1v) is 4.62. The van der Waals surface area contributed by atoms with Gasteiger partial charge in [0.25, 0.3) is 4.82 Å². The number of rotatable bonds is 1. The van der Waals surface area contributed by atoms with Gasteiger partial charge >= 0.3 is 0 Å². The van der Waals surface area contributed by atoms with Gasteiger partial charge in [0.05, 0.1) is 0 Å². The highest BCUT2D eigenvalue weighted by atomic mass is 79.9. The zero-order chi connectivity index (χ0) is 8.27. The third kappa shape index (κ3) is 3.20. The van der Waals surface area contributed by atoms with Crippen LogP contribution in [-0.2, 0) is 0 Å². The average Bonchev–Trinajstić information content (AvgIpc) is 1.93. The van der Waals surface area contributed by atoms with Gasteiger partial charge in [-0.2, -0.15) is 0 Å². The summed E-state index contributed by atoms with van der Waals surface area (Å²) in [6.45, 7) is 2.16. The molecule has 0 aromatic carbocycles. The van der Waals surface area contributed by atoms with E-state index in [9.17, 15) is 4.79 Å². The molecular weight excluding hydrogens is 208 g/mol. The number of carbonyl (C=O) groups is 1. The summed E-state index contributed by atoms with van der Waals surface area (Å²) < 4.78 is 0. The minimum Gasteiger partial charge on any atom is -0.344 e. The summed E-state index contributed by atoms with van der Waals surface area (Å²) in [5.74, 6) is 0. The molecule has 3 nitrogen and oxygen atoms in total. The van der Waals surface area contributed by atoms with E-state index in [0.717, 1.165) is 25.9 Å². The van der Waals surface area contributed by atoms with Crippen molar-refractivity contribution in [3.05, 3.63) is 0 Å². The molecule has 1 fully saturated rings. The van der Waals surface area contributed by atoms with Crippen molar-refractivity contribution in [2.75, 3.05) is 20.1 Å². The molecule has 11 heavy (non-hydrogen) atoms. The normalized spacial score (nSPS) is 21.6. The molecule has 1 N–H and O–H groups in total. The van der Waals surface area contributed by atoms with Gasteiger partial charge in [-0.15, -0.1) is 0 Å². The van der Waals surface area contributed by atoms with Crippen LogP contribution in [0.3, 0.4) is 0 Å². The number of nitrogens with one attached hydrogen (secondary N) is 1. The van der Waals surface area contributed by atoms with Crippen molar-refractivity contribution in [1.82, 2.24) is 10.2 Å². The molecule has 0 bridgehead atoms.